The van der Waals surface area contributed by atoms with Gasteiger partial charge in [-0.3, -0.25) is 9.78 Å². The number of amides is 1. The van der Waals surface area contributed by atoms with Crippen LogP contribution < -0.4 is 20.3 Å². The zero-order valence-corrected chi connectivity index (χ0v) is 24.1. The molecule has 7 nitrogen and oxygen atoms in total. The molecular formula is C32H25BrN4O3S. The maximum atomic E-state index is 12.5. The molecule has 1 aliphatic heterocycles. The van der Waals surface area contributed by atoms with Crippen LogP contribution in [0.15, 0.2) is 124 Å². The average molecular weight is 626 g/mol. The molecule has 1 saturated heterocycles. The quantitative estimate of drug-likeness (QED) is 0.175. The van der Waals surface area contributed by atoms with Crippen molar-refractivity contribution < 1.29 is 13.9 Å². The normalized spacial score (nSPS) is 16.3. The molecule has 0 aliphatic carbocycles. The first kappa shape index (κ1) is 26.7. The van der Waals surface area contributed by atoms with Crippen molar-refractivity contribution in [2.45, 2.75) is 12.1 Å². The van der Waals surface area contributed by atoms with Crippen molar-refractivity contribution in [2.24, 2.45) is 0 Å². The van der Waals surface area contributed by atoms with E-state index in [-0.39, 0.29) is 24.6 Å². The third-order valence-electron chi connectivity index (χ3n) is 6.69. The standard InChI is InChI=1S/C32H25BrN4O3S/c33-22-11-9-21(10-12-22)27-17-18-28(40-27)31-30(26-8-4-5-19-34-26)36-32(41)37(31)24-15-13-23(14-16-24)35-29(38)20-39-25-6-2-1-3-7-25/h1-19,30-31H,20H2,(H,35,38)(H,36,41)/t30-,31-/m1/s1. The van der Waals surface area contributed by atoms with Gasteiger partial charge < -0.3 is 24.7 Å². The minimum Gasteiger partial charge on any atom is -0.484 e. The van der Waals surface area contributed by atoms with Crippen molar-refractivity contribution in [1.29, 1.82) is 0 Å². The zero-order valence-electron chi connectivity index (χ0n) is 21.7. The topological polar surface area (TPSA) is 79.6 Å². The lowest BCUT2D eigenvalue weighted by Crippen LogP contribution is -2.29. The highest BCUT2D eigenvalue weighted by atomic mass is 79.9. The van der Waals surface area contributed by atoms with Gasteiger partial charge in [0.2, 0.25) is 0 Å². The first-order valence-corrected chi connectivity index (χ1v) is 14.2. The number of benzene rings is 3. The molecule has 1 fully saturated rings. The number of para-hydroxylation sites is 1. The number of furan rings is 1. The molecule has 1 aliphatic rings. The summed E-state index contributed by atoms with van der Waals surface area (Å²) in [4.78, 5) is 19.1. The number of anilines is 2. The van der Waals surface area contributed by atoms with Gasteiger partial charge in [-0.25, -0.2) is 0 Å². The van der Waals surface area contributed by atoms with E-state index in [1.54, 1.807) is 6.20 Å². The van der Waals surface area contributed by atoms with Crippen LogP contribution in [0.2, 0.25) is 0 Å². The second-order valence-corrected chi connectivity index (χ2v) is 10.7. The first-order valence-electron chi connectivity index (χ1n) is 13.0. The zero-order chi connectivity index (χ0) is 28.2. The summed E-state index contributed by atoms with van der Waals surface area (Å²) >= 11 is 9.32. The van der Waals surface area contributed by atoms with Crippen molar-refractivity contribution in [3.63, 3.8) is 0 Å². The number of halogens is 1. The molecule has 9 heteroatoms. The van der Waals surface area contributed by atoms with Gasteiger partial charge in [0.25, 0.3) is 5.91 Å². The number of aromatic nitrogens is 1. The van der Waals surface area contributed by atoms with E-state index in [9.17, 15) is 4.79 Å². The van der Waals surface area contributed by atoms with Gasteiger partial charge in [0, 0.05) is 27.6 Å². The van der Waals surface area contributed by atoms with Crippen molar-refractivity contribution in [1.82, 2.24) is 10.3 Å². The second kappa shape index (κ2) is 12.0. The van der Waals surface area contributed by atoms with Gasteiger partial charge >= 0.3 is 0 Å². The van der Waals surface area contributed by atoms with Crippen LogP contribution >= 0.6 is 28.1 Å². The molecule has 41 heavy (non-hydrogen) atoms. The number of hydrogen-bond donors (Lipinski definition) is 2. The van der Waals surface area contributed by atoms with Crippen LogP contribution in [0.5, 0.6) is 5.75 Å². The third-order valence-corrected chi connectivity index (χ3v) is 7.53. The first-order chi connectivity index (χ1) is 20.0. The highest BCUT2D eigenvalue weighted by Crippen LogP contribution is 2.43. The minimum atomic E-state index is -0.290. The molecule has 0 saturated carbocycles. The number of nitrogens with zero attached hydrogens (tertiary/aromatic N) is 2. The lowest BCUT2D eigenvalue weighted by molar-refractivity contribution is -0.118. The number of rotatable bonds is 8. The second-order valence-electron chi connectivity index (χ2n) is 9.40. The van der Waals surface area contributed by atoms with E-state index in [4.69, 9.17) is 21.4 Å². The summed E-state index contributed by atoms with van der Waals surface area (Å²) in [6.45, 7) is -0.0844. The largest absolute Gasteiger partial charge is 0.484 e. The molecule has 1 amide bonds. The molecule has 0 radical (unpaired) electrons. The van der Waals surface area contributed by atoms with Gasteiger partial charge in [-0.15, -0.1) is 0 Å². The summed E-state index contributed by atoms with van der Waals surface area (Å²) in [5, 5.41) is 6.88. The summed E-state index contributed by atoms with van der Waals surface area (Å²) < 4.78 is 13.0. The molecule has 6 rings (SSSR count). The Balaban J connectivity index is 1.25. The Bertz CT molecular complexity index is 1640. The summed E-state index contributed by atoms with van der Waals surface area (Å²) in [7, 11) is 0. The predicted octanol–water partition coefficient (Wildman–Crippen LogP) is 7.30. The Kier molecular flexibility index (Phi) is 7.80. The van der Waals surface area contributed by atoms with Crippen LogP contribution in [0.4, 0.5) is 11.4 Å². The van der Waals surface area contributed by atoms with E-state index < -0.39 is 0 Å². The SMILES string of the molecule is O=C(COc1ccccc1)Nc1ccc(N2C(=S)N[C@H](c3ccccn3)[C@H]2c2ccc(-c3ccc(Br)cc3)o2)cc1. The summed E-state index contributed by atoms with van der Waals surface area (Å²) in [5.41, 5.74) is 3.34. The van der Waals surface area contributed by atoms with Crippen molar-refractivity contribution in [2.75, 3.05) is 16.8 Å². The van der Waals surface area contributed by atoms with Gasteiger partial charge in [0.1, 0.15) is 23.3 Å². The van der Waals surface area contributed by atoms with E-state index in [2.05, 4.69) is 31.5 Å². The third kappa shape index (κ3) is 6.01. The number of carbonyl (C=O) groups excluding carboxylic acids is 1. The average Bonchev–Trinajstić information content (AvgIpc) is 3.63. The minimum absolute atomic E-state index is 0.0844. The monoisotopic (exact) mass is 624 g/mol. The van der Waals surface area contributed by atoms with Crippen molar-refractivity contribution >= 4 is 50.5 Å². The number of nitrogens with one attached hydrogen (secondary N) is 2. The van der Waals surface area contributed by atoms with Crippen LogP contribution in [0, 0.1) is 0 Å². The lowest BCUT2D eigenvalue weighted by Gasteiger charge is -2.26. The van der Waals surface area contributed by atoms with Gasteiger partial charge in [0.05, 0.1) is 11.7 Å². The highest BCUT2D eigenvalue weighted by Gasteiger charge is 2.42. The van der Waals surface area contributed by atoms with E-state index in [0.717, 1.165) is 32.9 Å². The number of carbonyl (C=O) groups is 1. The summed E-state index contributed by atoms with van der Waals surface area (Å²) in [6, 6.07) is 34.0. The fourth-order valence-electron chi connectivity index (χ4n) is 4.77. The molecule has 3 aromatic carbocycles. The van der Waals surface area contributed by atoms with E-state index >= 15 is 0 Å². The number of pyridine rings is 1. The molecule has 2 N–H and O–H groups in total. The van der Waals surface area contributed by atoms with Crippen LogP contribution in [0.3, 0.4) is 0 Å². The maximum absolute atomic E-state index is 12.5. The predicted molar refractivity (Wildman–Crippen MR) is 167 cm³/mol. The Hall–Kier alpha value is -4.47. The van der Waals surface area contributed by atoms with Crippen LogP contribution in [0.25, 0.3) is 11.3 Å². The molecule has 3 heterocycles. The van der Waals surface area contributed by atoms with Gasteiger partial charge in [0.15, 0.2) is 11.7 Å². The molecule has 204 valence electrons. The van der Waals surface area contributed by atoms with Crippen LogP contribution in [-0.2, 0) is 4.79 Å². The van der Waals surface area contributed by atoms with E-state index in [1.165, 1.54) is 0 Å². The fraction of sp³-hybridized carbons (Fsp3) is 0.0938. The fourth-order valence-corrected chi connectivity index (χ4v) is 5.38. The Morgan fingerprint density at radius 3 is 2.44 bits per heavy atom. The Morgan fingerprint density at radius 2 is 1.71 bits per heavy atom. The maximum Gasteiger partial charge on any atom is 0.262 e. The number of thiocarbonyl (C=S) groups is 1. The van der Waals surface area contributed by atoms with E-state index in [1.807, 2.05) is 114 Å². The van der Waals surface area contributed by atoms with Crippen LogP contribution in [0.1, 0.15) is 23.5 Å². The Labute approximate surface area is 251 Å². The van der Waals surface area contributed by atoms with Gasteiger partial charge in [-0.1, -0.05) is 52.3 Å². The Morgan fingerprint density at radius 1 is 0.951 bits per heavy atom. The van der Waals surface area contributed by atoms with Crippen molar-refractivity contribution in [3.05, 3.63) is 131 Å². The smallest absolute Gasteiger partial charge is 0.262 e. The van der Waals surface area contributed by atoms with Gasteiger partial charge in [-0.2, -0.15) is 0 Å². The molecule has 5 aromatic rings. The van der Waals surface area contributed by atoms with Crippen molar-refractivity contribution in [3.8, 4) is 17.1 Å². The van der Waals surface area contributed by atoms with Crippen LogP contribution in [-0.4, -0.2) is 22.6 Å². The van der Waals surface area contributed by atoms with Gasteiger partial charge in [-0.05, 0) is 85.0 Å². The molecule has 2 atom stereocenters. The number of ether oxygens (including phenoxy) is 1. The molecule has 0 spiro atoms. The molecule has 2 aromatic heterocycles. The summed E-state index contributed by atoms with van der Waals surface area (Å²) in [6.07, 6.45) is 1.77. The highest BCUT2D eigenvalue weighted by molar-refractivity contribution is 9.10. The summed E-state index contributed by atoms with van der Waals surface area (Å²) in [5.74, 6) is 1.91. The number of hydrogen-bond acceptors (Lipinski definition) is 5. The van der Waals surface area contributed by atoms with E-state index in [0.29, 0.717) is 16.5 Å². The molecule has 0 unspecified atom stereocenters. The molecular weight excluding hydrogens is 600 g/mol. The lowest BCUT2D eigenvalue weighted by atomic mass is 10.0. The molecule has 0 bridgehead atoms.